The average Bonchev–Trinajstić information content (AvgIpc) is 2.64. The molecule has 1 aliphatic rings. The van der Waals surface area contributed by atoms with E-state index in [0.717, 1.165) is 6.26 Å². The van der Waals surface area contributed by atoms with Gasteiger partial charge in [0.1, 0.15) is 17.7 Å². The van der Waals surface area contributed by atoms with Gasteiger partial charge in [-0.3, -0.25) is 0 Å². The van der Waals surface area contributed by atoms with Crippen LogP contribution in [0.4, 0.5) is 4.39 Å². The first kappa shape index (κ1) is 20.5. The molecule has 2 N–H and O–H groups in total. The summed E-state index contributed by atoms with van der Waals surface area (Å²) in [6.07, 6.45) is 0.356. The Morgan fingerprint density at radius 3 is 2.40 bits per heavy atom. The zero-order chi connectivity index (χ0) is 21.7. The smallest absolute Gasteiger partial charge is 0.213 e. The maximum absolute atomic E-state index is 13.9. The van der Waals surface area contributed by atoms with Crippen molar-refractivity contribution in [3.8, 4) is 16.9 Å². The number of nitrogens with two attached hydrogens (primary N) is 1. The van der Waals surface area contributed by atoms with Gasteiger partial charge >= 0.3 is 0 Å². The summed E-state index contributed by atoms with van der Waals surface area (Å²) in [5.41, 5.74) is 2.43. The molecule has 0 aromatic heterocycles. The molecule has 0 radical (unpaired) electrons. The van der Waals surface area contributed by atoms with Crippen LogP contribution in [0, 0.1) is 5.82 Å². The highest BCUT2D eigenvalue weighted by molar-refractivity contribution is 7.90. The van der Waals surface area contributed by atoms with Gasteiger partial charge in [-0.15, -0.1) is 0 Å². The molecule has 0 saturated heterocycles. The Kier molecular flexibility index (Phi) is 4.92. The molecule has 4 rings (SSSR count). The van der Waals surface area contributed by atoms with Crippen LogP contribution in [0.15, 0.2) is 65.6 Å². The summed E-state index contributed by atoms with van der Waals surface area (Å²) in [5.74, 6) is -0.496. The van der Waals surface area contributed by atoms with E-state index in [1.165, 1.54) is 18.2 Å². The first-order valence-corrected chi connectivity index (χ1v) is 12.5. The summed E-state index contributed by atoms with van der Waals surface area (Å²) in [6.45, 7) is 0. The fourth-order valence-corrected chi connectivity index (χ4v) is 5.22. The fraction of sp³-hybridized carbons (Fsp3) is 0.143. The average molecular weight is 448 g/mol. The van der Waals surface area contributed by atoms with Crippen LogP contribution in [-0.2, 0) is 25.6 Å². The lowest BCUT2D eigenvalue weighted by Crippen LogP contribution is -2.19. The Balaban J connectivity index is 1.99. The molecule has 6 nitrogen and oxygen atoms in total. The lowest BCUT2D eigenvalue weighted by atomic mass is 9.88. The molecule has 9 heteroatoms. The molecule has 0 fully saturated rings. The number of fused-ring (bicyclic) bond motifs is 3. The molecule has 0 aliphatic carbocycles. The highest BCUT2D eigenvalue weighted by Gasteiger charge is 2.31. The van der Waals surface area contributed by atoms with Gasteiger partial charge in [-0.2, -0.15) is 0 Å². The van der Waals surface area contributed by atoms with Crippen LogP contribution in [0.1, 0.15) is 22.8 Å². The minimum Gasteiger partial charge on any atom is -0.480 e. The maximum Gasteiger partial charge on any atom is 0.213 e. The molecule has 1 aliphatic heterocycles. The predicted octanol–water partition coefficient (Wildman–Crippen LogP) is 3.17. The third-order valence-electron chi connectivity index (χ3n) is 4.82. The number of halogens is 1. The van der Waals surface area contributed by atoms with Gasteiger partial charge in [-0.25, -0.2) is 26.4 Å². The SMILES string of the molecule is CS(=O)(=O)c1cccc2c1-c1ccc(CS(N)(=O)=O)cc1C(c1cccc(F)c1)O2. The molecule has 0 amide bonds. The maximum atomic E-state index is 13.9. The van der Waals surface area contributed by atoms with Crippen molar-refractivity contribution in [2.24, 2.45) is 5.14 Å². The Morgan fingerprint density at radius 2 is 1.73 bits per heavy atom. The van der Waals surface area contributed by atoms with Crippen LogP contribution in [0.2, 0.25) is 0 Å². The Morgan fingerprint density at radius 1 is 1.00 bits per heavy atom. The summed E-state index contributed by atoms with van der Waals surface area (Å²) < 4.78 is 67.9. The van der Waals surface area contributed by atoms with Crippen LogP contribution in [0.5, 0.6) is 5.75 Å². The topological polar surface area (TPSA) is 104 Å². The van der Waals surface area contributed by atoms with E-state index in [2.05, 4.69) is 0 Å². The molecule has 1 atom stereocenters. The van der Waals surface area contributed by atoms with Gasteiger partial charge in [-0.05, 0) is 41.0 Å². The number of sulfone groups is 1. The van der Waals surface area contributed by atoms with Gasteiger partial charge in [0.25, 0.3) is 0 Å². The van der Waals surface area contributed by atoms with Crippen molar-refractivity contribution in [1.29, 1.82) is 0 Å². The van der Waals surface area contributed by atoms with Crippen LogP contribution >= 0.6 is 0 Å². The number of hydrogen-bond acceptors (Lipinski definition) is 5. The fourth-order valence-electron chi connectivity index (χ4n) is 3.67. The van der Waals surface area contributed by atoms with Crippen molar-refractivity contribution in [3.05, 3.63) is 83.2 Å². The third-order valence-corrected chi connectivity index (χ3v) is 6.69. The zero-order valence-corrected chi connectivity index (χ0v) is 17.5. The molecule has 30 heavy (non-hydrogen) atoms. The van der Waals surface area contributed by atoms with Crippen LogP contribution in [0.25, 0.3) is 11.1 Å². The van der Waals surface area contributed by atoms with Gasteiger partial charge in [0.05, 0.1) is 10.6 Å². The zero-order valence-electron chi connectivity index (χ0n) is 15.9. The second-order valence-corrected chi connectivity index (χ2v) is 10.8. The summed E-state index contributed by atoms with van der Waals surface area (Å²) >= 11 is 0. The van der Waals surface area contributed by atoms with Gasteiger partial charge in [0.2, 0.25) is 10.0 Å². The van der Waals surface area contributed by atoms with Crippen LogP contribution < -0.4 is 9.88 Å². The Bertz CT molecular complexity index is 1370. The summed E-state index contributed by atoms with van der Waals surface area (Å²) in [4.78, 5) is 0.0955. The van der Waals surface area contributed by atoms with Crippen molar-refractivity contribution >= 4 is 19.9 Å². The van der Waals surface area contributed by atoms with Gasteiger partial charge < -0.3 is 4.74 Å². The largest absolute Gasteiger partial charge is 0.480 e. The minimum absolute atomic E-state index is 0.0955. The molecule has 0 saturated carbocycles. The number of sulfonamides is 1. The van der Waals surface area contributed by atoms with E-state index in [9.17, 15) is 21.2 Å². The Labute approximate surface area is 174 Å². The van der Waals surface area contributed by atoms with Crippen molar-refractivity contribution < 1.29 is 26.0 Å². The van der Waals surface area contributed by atoms with Crippen molar-refractivity contribution in [1.82, 2.24) is 0 Å². The summed E-state index contributed by atoms with van der Waals surface area (Å²) in [7, 11) is -7.35. The van der Waals surface area contributed by atoms with Crippen LogP contribution in [-0.4, -0.2) is 23.1 Å². The molecule has 1 heterocycles. The third kappa shape index (κ3) is 3.96. The molecular formula is C21H18FNO5S2. The standard InChI is InChI=1S/C21H18FNO5S2/c1-29(24,25)19-7-3-6-18-20(19)16-9-8-13(12-30(23,26)27)10-17(16)21(28-18)14-4-2-5-15(22)11-14/h2-11,21H,12H2,1H3,(H2,23,26,27). The molecule has 0 bridgehead atoms. The lowest BCUT2D eigenvalue weighted by Gasteiger charge is -2.30. The van der Waals surface area contributed by atoms with Crippen molar-refractivity contribution in [2.45, 2.75) is 16.8 Å². The van der Waals surface area contributed by atoms with E-state index in [0.29, 0.717) is 33.6 Å². The van der Waals surface area contributed by atoms with E-state index >= 15 is 0 Å². The molecule has 0 spiro atoms. The number of primary sulfonamides is 1. The van der Waals surface area contributed by atoms with Crippen molar-refractivity contribution in [3.63, 3.8) is 0 Å². The number of rotatable bonds is 4. The quantitative estimate of drug-likeness (QED) is 0.662. The van der Waals surface area contributed by atoms with Gasteiger partial charge in [0.15, 0.2) is 9.84 Å². The second kappa shape index (κ2) is 7.19. The number of ether oxygens (including phenoxy) is 1. The summed E-state index contributed by atoms with van der Waals surface area (Å²) in [5, 5.41) is 5.18. The number of hydrogen-bond donors (Lipinski definition) is 1. The lowest BCUT2D eigenvalue weighted by molar-refractivity contribution is 0.242. The predicted molar refractivity (Wildman–Crippen MR) is 111 cm³/mol. The monoisotopic (exact) mass is 447 g/mol. The van der Waals surface area contributed by atoms with Crippen LogP contribution in [0.3, 0.4) is 0 Å². The second-order valence-electron chi connectivity index (χ2n) is 7.18. The molecule has 156 valence electrons. The van der Waals surface area contributed by atoms with E-state index in [-0.39, 0.29) is 4.90 Å². The van der Waals surface area contributed by atoms with E-state index < -0.39 is 37.5 Å². The number of benzene rings is 3. The molecule has 3 aromatic rings. The van der Waals surface area contributed by atoms with Gasteiger partial charge in [-0.1, -0.05) is 36.4 Å². The first-order valence-electron chi connectivity index (χ1n) is 8.92. The highest BCUT2D eigenvalue weighted by Crippen LogP contribution is 2.47. The minimum atomic E-state index is -3.78. The Hall–Kier alpha value is -2.75. The summed E-state index contributed by atoms with van der Waals surface area (Å²) in [6, 6.07) is 15.4. The highest BCUT2D eigenvalue weighted by atomic mass is 32.2. The van der Waals surface area contributed by atoms with Crippen molar-refractivity contribution in [2.75, 3.05) is 6.26 Å². The normalized spacial score (nSPS) is 15.8. The van der Waals surface area contributed by atoms with Gasteiger partial charge in [0, 0.05) is 17.4 Å². The van der Waals surface area contributed by atoms with E-state index in [1.807, 2.05) is 0 Å². The van der Waals surface area contributed by atoms with E-state index in [4.69, 9.17) is 9.88 Å². The van der Waals surface area contributed by atoms with E-state index in [1.54, 1.807) is 42.5 Å². The first-order chi connectivity index (χ1) is 14.0. The molecular weight excluding hydrogens is 429 g/mol. The molecule has 1 unspecified atom stereocenters. The molecule has 3 aromatic carbocycles.